The molecule has 0 N–H and O–H groups in total. The van der Waals surface area contributed by atoms with Crippen molar-refractivity contribution in [3.05, 3.63) is 59.4 Å². The van der Waals surface area contributed by atoms with E-state index in [1.807, 2.05) is 6.07 Å². The van der Waals surface area contributed by atoms with Gasteiger partial charge in [0.1, 0.15) is 17.3 Å². The Morgan fingerprint density at radius 3 is 2.66 bits per heavy atom. The van der Waals surface area contributed by atoms with Gasteiger partial charge in [0.15, 0.2) is 0 Å². The van der Waals surface area contributed by atoms with E-state index in [1.54, 1.807) is 54.0 Å². The fourth-order valence-corrected chi connectivity index (χ4v) is 4.52. The maximum absolute atomic E-state index is 13.9. The molecule has 0 spiro atoms. The second kappa shape index (κ2) is 7.42. The number of aromatic nitrogens is 2. The van der Waals surface area contributed by atoms with E-state index in [0.717, 1.165) is 5.56 Å². The first-order chi connectivity index (χ1) is 13.8. The molecule has 3 atom stereocenters. The van der Waals surface area contributed by atoms with Gasteiger partial charge in [-0.2, -0.15) is 0 Å². The molecule has 2 aliphatic rings. The number of amides is 3. The Hall–Kier alpha value is -3.03. The van der Waals surface area contributed by atoms with Crippen LogP contribution in [0.5, 0.6) is 0 Å². The smallest absolute Gasteiger partial charge is 0.320 e. The number of carbonyl (C=O) groups excluding carboxylic acids is 2. The second-order valence-electron chi connectivity index (χ2n) is 7.95. The molecular formula is C21H24FN5O2. The zero-order valence-corrected chi connectivity index (χ0v) is 16.7. The molecule has 3 heterocycles. The van der Waals surface area contributed by atoms with Crippen molar-refractivity contribution in [2.24, 2.45) is 11.8 Å². The SMILES string of the molecule is Cc1nccc(C(=O)N2C[C@@H]3CN(C(=O)N(C)C)[C@H](c4cccc(F)c4)[C@@H]3C2)n1. The highest BCUT2D eigenvalue weighted by Crippen LogP contribution is 2.45. The monoisotopic (exact) mass is 397 g/mol. The van der Waals surface area contributed by atoms with E-state index in [0.29, 0.717) is 31.2 Å². The van der Waals surface area contributed by atoms with Gasteiger partial charge in [-0.3, -0.25) is 4.79 Å². The predicted octanol–water partition coefficient (Wildman–Crippen LogP) is 2.35. The maximum atomic E-state index is 13.9. The molecule has 0 unspecified atom stereocenters. The summed E-state index contributed by atoms with van der Waals surface area (Å²) in [5.41, 5.74) is 1.14. The topological polar surface area (TPSA) is 69.6 Å². The first-order valence-electron chi connectivity index (χ1n) is 9.67. The van der Waals surface area contributed by atoms with E-state index in [-0.39, 0.29) is 35.6 Å². The van der Waals surface area contributed by atoms with Crippen LogP contribution in [0.2, 0.25) is 0 Å². The van der Waals surface area contributed by atoms with Gasteiger partial charge in [0.25, 0.3) is 5.91 Å². The maximum Gasteiger partial charge on any atom is 0.320 e. The highest BCUT2D eigenvalue weighted by Gasteiger charge is 2.50. The van der Waals surface area contributed by atoms with Gasteiger partial charge < -0.3 is 14.7 Å². The first kappa shape index (κ1) is 19.3. The zero-order chi connectivity index (χ0) is 20.7. The number of urea groups is 1. The van der Waals surface area contributed by atoms with Crippen LogP contribution in [0.15, 0.2) is 36.5 Å². The van der Waals surface area contributed by atoms with Crippen LogP contribution in [0, 0.1) is 24.6 Å². The molecule has 7 nitrogen and oxygen atoms in total. The van der Waals surface area contributed by atoms with E-state index in [1.165, 1.54) is 12.1 Å². The average Bonchev–Trinajstić information content (AvgIpc) is 3.24. The zero-order valence-electron chi connectivity index (χ0n) is 16.7. The van der Waals surface area contributed by atoms with E-state index >= 15 is 0 Å². The fourth-order valence-electron chi connectivity index (χ4n) is 4.52. The second-order valence-corrected chi connectivity index (χ2v) is 7.95. The normalized spacial score (nSPS) is 23.2. The summed E-state index contributed by atoms with van der Waals surface area (Å²) in [4.78, 5) is 39.1. The summed E-state index contributed by atoms with van der Waals surface area (Å²) in [5.74, 6) is 0.279. The van der Waals surface area contributed by atoms with Crippen molar-refractivity contribution >= 4 is 11.9 Å². The van der Waals surface area contributed by atoms with Crippen LogP contribution >= 0.6 is 0 Å². The van der Waals surface area contributed by atoms with Crippen LogP contribution in [0.1, 0.15) is 27.9 Å². The van der Waals surface area contributed by atoms with Gasteiger partial charge in [0.05, 0.1) is 6.04 Å². The van der Waals surface area contributed by atoms with E-state index in [2.05, 4.69) is 9.97 Å². The first-order valence-corrected chi connectivity index (χ1v) is 9.67. The quantitative estimate of drug-likeness (QED) is 0.780. The Morgan fingerprint density at radius 1 is 1.17 bits per heavy atom. The van der Waals surface area contributed by atoms with Crippen molar-refractivity contribution in [1.29, 1.82) is 0 Å². The number of benzene rings is 1. The molecule has 0 aliphatic carbocycles. The molecule has 2 aromatic rings. The molecule has 1 aromatic heterocycles. The summed E-state index contributed by atoms with van der Waals surface area (Å²) >= 11 is 0. The van der Waals surface area contributed by atoms with Crippen LogP contribution in [-0.4, -0.2) is 70.3 Å². The molecule has 3 amide bonds. The highest BCUT2D eigenvalue weighted by molar-refractivity contribution is 5.92. The summed E-state index contributed by atoms with van der Waals surface area (Å²) in [6, 6.07) is 7.66. The molecule has 1 aromatic carbocycles. The van der Waals surface area contributed by atoms with Crippen molar-refractivity contribution in [3.63, 3.8) is 0 Å². The van der Waals surface area contributed by atoms with Gasteiger partial charge in [0, 0.05) is 51.8 Å². The lowest BCUT2D eigenvalue weighted by molar-refractivity contribution is 0.0760. The van der Waals surface area contributed by atoms with Crippen LogP contribution in [0.3, 0.4) is 0 Å². The van der Waals surface area contributed by atoms with E-state index < -0.39 is 0 Å². The van der Waals surface area contributed by atoms with Gasteiger partial charge in [-0.25, -0.2) is 19.2 Å². The number of halogens is 1. The third-order valence-electron chi connectivity index (χ3n) is 5.76. The minimum Gasteiger partial charge on any atom is -0.337 e. The lowest BCUT2D eigenvalue weighted by Gasteiger charge is -2.31. The molecule has 0 bridgehead atoms. The van der Waals surface area contributed by atoms with Crippen LogP contribution < -0.4 is 0 Å². The van der Waals surface area contributed by atoms with Crippen molar-refractivity contribution < 1.29 is 14.0 Å². The third kappa shape index (κ3) is 3.54. The average molecular weight is 397 g/mol. The van der Waals surface area contributed by atoms with Gasteiger partial charge >= 0.3 is 6.03 Å². The largest absolute Gasteiger partial charge is 0.337 e. The molecule has 2 saturated heterocycles. The van der Waals surface area contributed by atoms with Crippen molar-refractivity contribution in [1.82, 2.24) is 24.7 Å². The number of carbonyl (C=O) groups is 2. The summed E-state index contributed by atoms with van der Waals surface area (Å²) in [5, 5.41) is 0. The minimum absolute atomic E-state index is 0.0487. The number of hydrogen-bond donors (Lipinski definition) is 0. The Kier molecular flexibility index (Phi) is 4.94. The van der Waals surface area contributed by atoms with Gasteiger partial charge in [-0.1, -0.05) is 12.1 Å². The standard InChI is InChI=1S/C21H24FN5O2/c1-13-23-8-7-18(24-13)20(28)26-10-15-11-27(21(29)25(2)3)19(17(15)12-26)14-5-4-6-16(22)9-14/h4-9,15,17,19H,10-12H2,1-3H3/t15-,17-,19-/m1/s1. The summed E-state index contributed by atoms with van der Waals surface area (Å²) in [6.45, 7) is 3.34. The highest BCUT2D eigenvalue weighted by atomic mass is 19.1. The molecule has 2 fully saturated rings. The molecule has 29 heavy (non-hydrogen) atoms. The molecule has 8 heteroatoms. The van der Waals surface area contributed by atoms with Crippen molar-refractivity contribution in [3.8, 4) is 0 Å². The van der Waals surface area contributed by atoms with Crippen LogP contribution in [0.4, 0.5) is 9.18 Å². The predicted molar refractivity (Wildman–Crippen MR) is 105 cm³/mol. The number of hydrogen-bond acceptors (Lipinski definition) is 4. The summed E-state index contributed by atoms with van der Waals surface area (Å²) in [6.07, 6.45) is 1.58. The van der Waals surface area contributed by atoms with E-state index in [9.17, 15) is 14.0 Å². The number of fused-ring (bicyclic) bond motifs is 1. The van der Waals surface area contributed by atoms with Gasteiger partial charge in [0.2, 0.25) is 0 Å². The third-order valence-corrected chi connectivity index (χ3v) is 5.76. The molecule has 0 saturated carbocycles. The van der Waals surface area contributed by atoms with Crippen LogP contribution in [0.25, 0.3) is 0 Å². The van der Waals surface area contributed by atoms with E-state index in [4.69, 9.17) is 0 Å². The lowest BCUT2D eigenvalue weighted by atomic mass is 9.89. The van der Waals surface area contributed by atoms with Crippen molar-refractivity contribution in [2.75, 3.05) is 33.7 Å². The molecule has 0 radical (unpaired) electrons. The van der Waals surface area contributed by atoms with Gasteiger partial charge in [-0.05, 0) is 30.7 Å². The van der Waals surface area contributed by atoms with Crippen LogP contribution in [-0.2, 0) is 0 Å². The number of nitrogens with zero attached hydrogens (tertiary/aromatic N) is 5. The molecular weight excluding hydrogens is 373 g/mol. The molecule has 2 aliphatic heterocycles. The Bertz CT molecular complexity index is 950. The lowest BCUT2D eigenvalue weighted by Crippen LogP contribution is -2.42. The molecule has 152 valence electrons. The summed E-state index contributed by atoms with van der Waals surface area (Å²) < 4.78 is 13.9. The van der Waals surface area contributed by atoms with Crippen molar-refractivity contribution in [2.45, 2.75) is 13.0 Å². The summed E-state index contributed by atoms with van der Waals surface area (Å²) in [7, 11) is 3.43. The minimum atomic E-state index is -0.328. The fraction of sp³-hybridized carbons (Fsp3) is 0.429. The molecule has 4 rings (SSSR count). The van der Waals surface area contributed by atoms with Gasteiger partial charge in [-0.15, -0.1) is 0 Å². The Morgan fingerprint density at radius 2 is 1.97 bits per heavy atom. The Balaban J connectivity index is 1.62. The number of rotatable bonds is 2. The number of likely N-dealkylation sites (tertiary alicyclic amines) is 2. The number of aryl methyl sites for hydroxylation is 1. The Labute approximate surface area is 169 Å².